The molecule has 0 saturated heterocycles. The quantitative estimate of drug-likeness (QED) is 0.343. The molecule has 1 unspecified atom stereocenters. The van der Waals surface area contributed by atoms with Gasteiger partial charge in [-0.2, -0.15) is 0 Å². The predicted octanol–water partition coefficient (Wildman–Crippen LogP) is 3.91. The molecule has 5 nitrogen and oxygen atoms in total. The van der Waals surface area contributed by atoms with E-state index < -0.39 is 0 Å². The number of aryl methyl sites for hydroxylation is 3. The Labute approximate surface area is 184 Å². The fraction of sp³-hybridized carbons (Fsp3) is 0.500. The number of aliphatic imine (C=N–C) groups is 1. The topological polar surface area (TPSA) is 52.6 Å². The molecule has 0 bridgehead atoms. The molecule has 0 aliphatic carbocycles. The fourth-order valence-electron chi connectivity index (χ4n) is 2.76. The summed E-state index contributed by atoms with van der Waals surface area (Å²) >= 11 is 1.73. The van der Waals surface area contributed by atoms with Gasteiger partial charge in [0.05, 0.1) is 18.3 Å². The van der Waals surface area contributed by atoms with Gasteiger partial charge in [-0.05, 0) is 45.5 Å². The number of thiazole rings is 1. The van der Waals surface area contributed by atoms with Gasteiger partial charge in [-0.25, -0.2) is 4.98 Å². The van der Waals surface area contributed by atoms with E-state index in [0.29, 0.717) is 6.54 Å². The van der Waals surface area contributed by atoms with Gasteiger partial charge in [0.2, 0.25) is 0 Å². The Morgan fingerprint density at radius 1 is 1.19 bits per heavy atom. The third-order valence-electron chi connectivity index (χ3n) is 4.56. The first-order valence-electron chi connectivity index (χ1n) is 9.07. The van der Waals surface area contributed by atoms with Crippen LogP contribution in [-0.4, -0.2) is 43.5 Å². The van der Waals surface area contributed by atoms with E-state index >= 15 is 0 Å². The molecule has 0 radical (unpaired) electrons. The van der Waals surface area contributed by atoms with E-state index in [0.717, 1.165) is 29.6 Å². The van der Waals surface area contributed by atoms with E-state index in [2.05, 4.69) is 77.7 Å². The van der Waals surface area contributed by atoms with E-state index in [1.165, 1.54) is 16.0 Å². The van der Waals surface area contributed by atoms with Gasteiger partial charge in [0.25, 0.3) is 0 Å². The number of hydrogen-bond acceptors (Lipinski definition) is 4. The second-order valence-corrected chi connectivity index (χ2v) is 7.92. The highest BCUT2D eigenvalue weighted by Gasteiger charge is 2.15. The minimum atomic E-state index is 0. The monoisotopic (exact) mass is 501 g/mol. The Balaban J connectivity index is 0.00000364. The number of likely N-dealkylation sites (N-methyl/N-ethyl adjacent to an activating group) is 1. The molecule has 150 valence electrons. The first kappa shape index (κ1) is 23.8. The van der Waals surface area contributed by atoms with E-state index in [4.69, 9.17) is 0 Å². The maximum atomic E-state index is 4.57. The minimum Gasteiger partial charge on any atom is -0.354 e. The van der Waals surface area contributed by atoms with Crippen molar-refractivity contribution in [2.45, 2.75) is 39.8 Å². The number of aromatic nitrogens is 1. The van der Waals surface area contributed by atoms with Crippen LogP contribution in [0.4, 0.5) is 0 Å². The zero-order valence-electron chi connectivity index (χ0n) is 17.2. The van der Waals surface area contributed by atoms with E-state index in [1.54, 1.807) is 18.4 Å². The summed E-state index contributed by atoms with van der Waals surface area (Å²) < 4.78 is 0. The molecule has 0 aliphatic heterocycles. The van der Waals surface area contributed by atoms with Crippen LogP contribution in [0.25, 0.3) is 0 Å². The van der Waals surface area contributed by atoms with E-state index in [1.807, 2.05) is 6.92 Å². The van der Waals surface area contributed by atoms with Crippen molar-refractivity contribution in [1.29, 1.82) is 0 Å². The van der Waals surface area contributed by atoms with Crippen LogP contribution in [0.3, 0.4) is 0 Å². The zero-order valence-corrected chi connectivity index (χ0v) is 20.3. The third-order valence-corrected chi connectivity index (χ3v) is 5.64. The Kier molecular flexibility index (Phi) is 10.3. The highest BCUT2D eigenvalue weighted by atomic mass is 127. The molecule has 1 aromatic carbocycles. The fourth-order valence-corrected chi connectivity index (χ4v) is 3.64. The van der Waals surface area contributed by atoms with Crippen LogP contribution in [0.1, 0.15) is 39.7 Å². The number of rotatable bonds is 7. The first-order chi connectivity index (χ1) is 12.4. The summed E-state index contributed by atoms with van der Waals surface area (Å²) in [6.07, 6.45) is 1.07. The van der Waals surface area contributed by atoms with Crippen molar-refractivity contribution in [3.63, 3.8) is 0 Å². The minimum absolute atomic E-state index is 0. The molecule has 0 fully saturated rings. The van der Waals surface area contributed by atoms with Crippen molar-refractivity contribution in [1.82, 2.24) is 20.5 Å². The smallest absolute Gasteiger partial charge is 0.191 e. The van der Waals surface area contributed by atoms with Crippen LogP contribution >= 0.6 is 35.3 Å². The number of benzene rings is 1. The number of nitrogens with one attached hydrogen (secondary N) is 2. The SMILES string of the molecule is CCc1ccc(C(CNC(=NC)NCc2nc(C)c(C)s2)N(C)C)cc1.I. The van der Waals surface area contributed by atoms with Gasteiger partial charge in [0.15, 0.2) is 5.96 Å². The molecule has 1 aromatic heterocycles. The van der Waals surface area contributed by atoms with Crippen LogP contribution in [0.5, 0.6) is 0 Å². The lowest BCUT2D eigenvalue weighted by Gasteiger charge is -2.26. The molecule has 1 heterocycles. The molecular weight excluding hydrogens is 469 g/mol. The van der Waals surface area contributed by atoms with Crippen LogP contribution in [0, 0.1) is 13.8 Å². The summed E-state index contributed by atoms with van der Waals surface area (Å²) in [6.45, 7) is 7.81. The van der Waals surface area contributed by atoms with Crippen molar-refractivity contribution in [2.75, 3.05) is 27.7 Å². The molecule has 7 heteroatoms. The van der Waals surface area contributed by atoms with Crippen LogP contribution in [-0.2, 0) is 13.0 Å². The Morgan fingerprint density at radius 3 is 2.33 bits per heavy atom. The summed E-state index contributed by atoms with van der Waals surface area (Å²) in [5.41, 5.74) is 3.78. The summed E-state index contributed by atoms with van der Waals surface area (Å²) in [6, 6.07) is 9.16. The maximum Gasteiger partial charge on any atom is 0.191 e. The van der Waals surface area contributed by atoms with Gasteiger partial charge in [-0.1, -0.05) is 31.2 Å². The molecule has 2 N–H and O–H groups in total. The molecule has 2 rings (SSSR count). The molecule has 0 amide bonds. The molecule has 0 spiro atoms. The highest BCUT2D eigenvalue weighted by molar-refractivity contribution is 14.0. The van der Waals surface area contributed by atoms with Gasteiger partial charge in [0.1, 0.15) is 5.01 Å². The molecular formula is C20H32IN5S. The average Bonchev–Trinajstić information content (AvgIpc) is 2.96. The second kappa shape index (κ2) is 11.6. The zero-order chi connectivity index (χ0) is 19.1. The first-order valence-corrected chi connectivity index (χ1v) is 9.89. The summed E-state index contributed by atoms with van der Waals surface area (Å²) in [7, 11) is 6.02. The van der Waals surface area contributed by atoms with Crippen LogP contribution < -0.4 is 10.6 Å². The van der Waals surface area contributed by atoms with Gasteiger partial charge in [-0.15, -0.1) is 35.3 Å². The van der Waals surface area contributed by atoms with Gasteiger partial charge in [-0.3, -0.25) is 4.99 Å². The molecule has 1 atom stereocenters. The Morgan fingerprint density at radius 2 is 1.85 bits per heavy atom. The third kappa shape index (κ3) is 7.04. The second-order valence-electron chi connectivity index (χ2n) is 6.63. The van der Waals surface area contributed by atoms with E-state index in [-0.39, 0.29) is 30.0 Å². The lowest BCUT2D eigenvalue weighted by atomic mass is 10.0. The number of hydrogen-bond donors (Lipinski definition) is 2. The van der Waals surface area contributed by atoms with Gasteiger partial charge in [0, 0.05) is 18.5 Å². The van der Waals surface area contributed by atoms with Gasteiger partial charge < -0.3 is 15.5 Å². The maximum absolute atomic E-state index is 4.57. The number of guanidine groups is 1. The van der Waals surface area contributed by atoms with E-state index in [9.17, 15) is 0 Å². The van der Waals surface area contributed by atoms with Crippen molar-refractivity contribution in [2.24, 2.45) is 4.99 Å². The van der Waals surface area contributed by atoms with Crippen molar-refractivity contribution >= 4 is 41.3 Å². The summed E-state index contributed by atoms with van der Waals surface area (Å²) in [5.74, 6) is 0.799. The largest absolute Gasteiger partial charge is 0.354 e. The lowest BCUT2D eigenvalue weighted by molar-refractivity contribution is 0.298. The van der Waals surface area contributed by atoms with Crippen LogP contribution in [0.2, 0.25) is 0 Å². The molecule has 27 heavy (non-hydrogen) atoms. The summed E-state index contributed by atoms with van der Waals surface area (Å²) in [4.78, 5) is 12.4. The highest BCUT2D eigenvalue weighted by Crippen LogP contribution is 2.18. The number of nitrogens with zero attached hydrogens (tertiary/aromatic N) is 3. The van der Waals surface area contributed by atoms with Crippen molar-refractivity contribution in [3.8, 4) is 0 Å². The number of halogens is 1. The Hall–Kier alpha value is -1.19. The summed E-state index contributed by atoms with van der Waals surface area (Å²) in [5, 5.41) is 7.89. The average molecular weight is 501 g/mol. The molecule has 0 saturated carbocycles. The lowest BCUT2D eigenvalue weighted by Crippen LogP contribution is -2.41. The molecule has 2 aromatic rings. The molecule has 0 aliphatic rings. The van der Waals surface area contributed by atoms with Crippen molar-refractivity contribution < 1.29 is 0 Å². The van der Waals surface area contributed by atoms with Crippen molar-refractivity contribution in [3.05, 3.63) is 51.0 Å². The van der Waals surface area contributed by atoms with Crippen LogP contribution in [0.15, 0.2) is 29.3 Å². The van der Waals surface area contributed by atoms with Gasteiger partial charge >= 0.3 is 0 Å². The normalized spacial score (nSPS) is 12.6. The Bertz CT molecular complexity index is 705. The standard InChI is InChI=1S/C20H31N5S.HI/c1-7-16-8-10-17(11-9-16)18(25(5)6)12-22-20(21-4)23-13-19-24-14(2)15(3)26-19;/h8-11,18H,7,12-13H2,1-6H3,(H2,21,22,23);1H. The predicted molar refractivity (Wildman–Crippen MR) is 127 cm³/mol.